The number of nitrogens with zero attached hydrogens (tertiary/aromatic N) is 7. The molecule has 3 aromatic rings. The molecule has 0 atom stereocenters. The largest absolute Gasteiger partial charge is 0.293 e. The molecule has 0 radical (unpaired) electrons. The second-order valence-electron chi connectivity index (χ2n) is 6.89. The summed E-state index contributed by atoms with van der Waals surface area (Å²) in [6.45, 7) is 1.71. The Morgan fingerprint density at radius 3 is 2.39 bits per heavy atom. The highest BCUT2D eigenvalue weighted by Gasteiger charge is 2.33. The molecule has 4 rings (SSSR count). The smallest absolute Gasteiger partial charge is 0.289 e. The standard InChI is InChI=1S/C18H18ClN7O4S/c19-14-5-7-15(8-6-14)25-18(20-21-22-25)13-23-9-11-24(12-10-23)31(29,30)17-4-2-1-3-16(17)26(27)28/h1-8H,9-13H2. The maximum Gasteiger partial charge on any atom is 0.289 e. The zero-order valence-electron chi connectivity index (χ0n) is 16.2. The highest BCUT2D eigenvalue weighted by molar-refractivity contribution is 7.89. The van der Waals surface area contributed by atoms with Crippen LogP contribution in [0.15, 0.2) is 53.4 Å². The fourth-order valence-corrected chi connectivity index (χ4v) is 5.09. The Labute approximate surface area is 183 Å². The van der Waals surface area contributed by atoms with Crippen LogP contribution in [0.1, 0.15) is 5.82 Å². The number of tetrazole rings is 1. The highest BCUT2D eigenvalue weighted by atomic mass is 35.5. The van der Waals surface area contributed by atoms with Crippen LogP contribution < -0.4 is 0 Å². The average molecular weight is 464 g/mol. The number of benzene rings is 2. The molecule has 0 amide bonds. The van der Waals surface area contributed by atoms with Gasteiger partial charge in [-0.3, -0.25) is 15.0 Å². The minimum Gasteiger partial charge on any atom is -0.293 e. The summed E-state index contributed by atoms with van der Waals surface area (Å²) >= 11 is 5.93. The topological polar surface area (TPSA) is 127 Å². The van der Waals surface area contributed by atoms with E-state index in [1.807, 2.05) is 4.90 Å². The summed E-state index contributed by atoms with van der Waals surface area (Å²) in [6.07, 6.45) is 0. The van der Waals surface area contributed by atoms with E-state index in [1.54, 1.807) is 28.9 Å². The summed E-state index contributed by atoms with van der Waals surface area (Å²) in [5.41, 5.74) is 0.342. The van der Waals surface area contributed by atoms with Crippen molar-refractivity contribution in [2.75, 3.05) is 26.2 Å². The molecule has 2 heterocycles. The van der Waals surface area contributed by atoms with E-state index in [-0.39, 0.29) is 18.0 Å². The summed E-state index contributed by atoms with van der Waals surface area (Å²) in [6, 6.07) is 12.5. The van der Waals surface area contributed by atoms with E-state index in [1.165, 1.54) is 28.6 Å². The van der Waals surface area contributed by atoms with E-state index in [0.29, 0.717) is 30.5 Å². The van der Waals surface area contributed by atoms with Gasteiger partial charge in [-0.25, -0.2) is 8.42 Å². The van der Waals surface area contributed by atoms with Gasteiger partial charge >= 0.3 is 0 Å². The van der Waals surface area contributed by atoms with Crippen molar-refractivity contribution < 1.29 is 13.3 Å². The number of aromatic nitrogens is 4. The molecule has 31 heavy (non-hydrogen) atoms. The van der Waals surface area contributed by atoms with Crippen molar-refractivity contribution in [3.8, 4) is 5.69 Å². The molecule has 0 saturated carbocycles. The summed E-state index contributed by atoms with van der Waals surface area (Å²) in [5, 5.41) is 23.7. The fourth-order valence-electron chi connectivity index (χ4n) is 3.38. The Hall–Kier alpha value is -2.93. The van der Waals surface area contributed by atoms with Crippen molar-refractivity contribution in [3.05, 3.63) is 69.5 Å². The van der Waals surface area contributed by atoms with Gasteiger partial charge in [0, 0.05) is 37.3 Å². The van der Waals surface area contributed by atoms with Crippen LogP contribution in [-0.4, -0.2) is 68.9 Å². The van der Waals surface area contributed by atoms with Gasteiger partial charge in [-0.2, -0.15) is 8.99 Å². The highest BCUT2D eigenvalue weighted by Crippen LogP contribution is 2.27. The van der Waals surface area contributed by atoms with Gasteiger partial charge in [0.15, 0.2) is 10.7 Å². The van der Waals surface area contributed by atoms with E-state index in [2.05, 4.69) is 15.5 Å². The predicted octanol–water partition coefficient (Wildman–Crippen LogP) is 1.73. The van der Waals surface area contributed by atoms with E-state index in [4.69, 9.17) is 11.6 Å². The Kier molecular flexibility index (Phi) is 5.96. The van der Waals surface area contributed by atoms with Crippen LogP contribution in [0, 0.1) is 10.1 Å². The van der Waals surface area contributed by atoms with E-state index in [0.717, 1.165) is 5.69 Å². The van der Waals surface area contributed by atoms with Crippen LogP contribution in [0.25, 0.3) is 5.69 Å². The Bertz CT molecular complexity index is 1190. The molecular formula is C18H18ClN7O4S. The first-order valence-electron chi connectivity index (χ1n) is 9.35. The van der Waals surface area contributed by atoms with Crippen molar-refractivity contribution in [3.63, 3.8) is 0 Å². The number of hydrogen-bond acceptors (Lipinski definition) is 8. The van der Waals surface area contributed by atoms with Crippen molar-refractivity contribution in [1.82, 2.24) is 29.4 Å². The van der Waals surface area contributed by atoms with Gasteiger partial charge in [0.1, 0.15) is 0 Å². The maximum atomic E-state index is 13.0. The third-order valence-electron chi connectivity index (χ3n) is 4.98. The fraction of sp³-hybridized carbons (Fsp3) is 0.278. The first kappa shape index (κ1) is 21.3. The number of piperazine rings is 1. The van der Waals surface area contributed by atoms with Crippen LogP contribution in [0.3, 0.4) is 0 Å². The van der Waals surface area contributed by atoms with Crippen molar-refractivity contribution in [2.24, 2.45) is 0 Å². The summed E-state index contributed by atoms with van der Waals surface area (Å²) in [5.74, 6) is 0.609. The first-order valence-corrected chi connectivity index (χ1v) is 11.2. The summed E-state index contributed by atoms with van der Waals surface area (Å²) in [7, 11) is -3.97. The molecule has 0 spiro atoms. The third kappa shape index (κ3) is 4.42. The van der Waals surface area contributed by atoms with Gasteiger partial charge in [-0.1, -0.05) is 23.7 Å². The number of para-hydroxylation sites is 1. The Morgan fingerprint density at radius 1 is 1.03 bits per heavy atom. The molecule has 11 nitrogen and oxygen atoms in total. The molecule has 0 bridgehead atoms. The molecule has 1 fully saturated rings. The van der Waals surface area contributed by atoms with Gasteiger partial charge in [0.05, 0.1) is 17.2 Å². The molecular weight excluding hydrogens is 446 g/mol. The molecule has 0 aliphatic carbocycles. The van der Waals surface area contributed by atoms with Crippen LogP contribution in [0.4, 0.5) is 5.69 Å². The molecule has 2 aromatic carbocycles. The summed E-state index contributed by atoms with van der Waals surface area (Å²) < 4.78 is 28.8. The van der Waals surface area contributed by atoms with Crippen molar-refractivity contribution in [2.45, 2.75) is 11.4 Å². The lowest BCUT2D eigenvalue weighted by Crippen LogP contribution is -2.48. The lowest BCUT2D eigenvalue weighted by molar-refractivity contribution is -0.387. The van der Waals surface area contributed by atoms with Crippen LogP contribution in [0.5, 0.6) is 0 Å². The number of sulfonamides is 1. The third-order valence-corrected chi connectivity index (χ3v) is 7.18. The van der Waals surface area contributed by atoms with Gasteiger partial charge in [0.25, 0.3) is 5.69 Å². The second-order valence-corrected chi connectivity index (χ2v) is 9.23. The van der Waals surface area contributed by atoms with Crippen LogP contribution in [-0.2, 0) is 16.6 Å². The molecule has 13 heteroatoms. The predicted molar refractivity (Wildman–Crippen MR) is 111 cm³/mol. The monoisotopic (exact) mass is 463 g/mol. The molecule has 0 N–H and O–H groups in total. The number of nitro groups is 1. The van der Waals surface area contributed by atoms with Crippen molar-refractivity contribution >= 4 is 27.3 Å². The zero-order chi connectivity index (χ0) is 22.0. The Balaban J connectivity index is 1.45. The maximum absolute atomic E-state index is 13.0. The molecule has 0 unspecified atom stereocenters. The second kappa shape index (κ2) is 8.67. The van der Waals surface area contributed by atoms with Gasteiger partial charge < -0.3 is 0 Å². The number of halogens is 1. The van der Waals surface area contributed by atoms with Gasteiger partial charge in [-0.15, -0.1) is 5.10 Å². The lowest BCUT2D eigenvalue weighted by atomic mass is 10.3. The SMILES string of the molecule is O=[N+]([O-])c1ccccc1S(=O)(=O)N1CCN(Cc2nnnn2-c2ccc(Cl)cc2)CC1. The van der Waals surface area contributed by atoms with Gasteiger partial charge in [0.2, 0.25) is 10.0 Å². The first-order chi connectivity index (χ1) is 14.9. The zero-order valence-corrected chi connectivity index (χ0v) is 17.8. The van der Waals surface area contributed by atoms with Gasteiger partial charge in [-0.05, 0) is 40.8 Å². The minimum atomic E-state index is -3.97. The lowest BCUT2D eigenvalue weighted by Gasteiger charge is -2.33. The van der Waals surface area contributed by atoms with E-state index < -0.39 is 20.6 Å². The Morgan fingerprint density at radius 2 is 1.71 bits per heavy atom. The van der Waals surface area contributed by atoms with E-state index >= 15 is 0 Å². The van der Waals surface area contributed by atoms with Crippen molar-refractivity contribution in [1.29, 1.82) is 0 Å². The molecule has 1 aliphatic rings. The van der Waals surface area contributed by atoms with Crippen LogP contribution >= 0.6 is 11.6 Å². The molecule has 1 aliphatic heterocycles. The molecule has 162 valence electrons. The minimum absolute atomic E-state index is 0.205. The molecule has 1 aromatic heterocycles. The summed E-state index contributed by atoms with van der Waals surface area (Å²) in [4.78, 5) is 12.3. The molecule has 1 saturated heterocycles. The number of nitro benzene ring substituents is 1. The average Bonchev–Trinajstić information content (AvgIpc) is 3.22. The number of rotatable bonds is 6. The van der Waals surface area contributed by atoms with Crippen LogP contribution in [0.2, 0.25) is 5.02 Å². The normalized spacial score (nSPS) is 15.8. The number of hydrogen-bond donors (Lipinski definition) is 0. The van der Waals surface area contributed by atoms with E-state index in [9.17, 15) is 18.5 Å². The quantitative estimate of drug-likeness (QED) is 0.399.